The molecule has 8 heteroatoms. The molecule has 1 N–H and O–H groups in total. The van der Waals surface area contributed by atoms with Gasteiger partial charge in [-0.1, -0.05) is 24.6 Å². The van der Waals surface area contributed by atoms with Crippen LogP contribution in [0.1, 0.15) is 23.7 Å². The summed E-state index contributed by atoms with van der Waals surface area (Å²) in [5.41, 5.74) is 0.291. The standard InChI is InChI=1S/C16H13ClN2O5/c1-2-15(20)24-12-5-3-4-10(8-12)18-16(21)13-7-6-11(19(22)23)9-14(13)17/h3-9H,2H2,1H3,(H,18,21). The van der Waals surface area contributed by atoms with E-state index in [0.29, 0.717) is 11.4 Å². The van der Waals surface area contributed by atoms with Crippen LogP contribution in [0.25, 0.3) is 0 Å². The van der Waals surface area contributed by atoms with E-state index in [-0.39, 0.29) is 22.7 Å². The molecule has 0 aromatic heterocycles. The summed E-state index contributed by atoms with van der Waals surface area (Å²) in [4.78, 5) is 33.6. The van der Waals surface area contributed by atoms with Gasteiger partial charge in [0, 0.05) is 30.3 Å². The van der Waals surface area contributed by atoms with E-state index in [0.717, 1.165) is 6.07 Å². The maximum absolute atomic E-state index is 12.2. The molecule has 2 aromatic carbocycles. The summed E-state index contributed by atoms with van der Waals surface area (Å²) in [5, 5.41) is 13.2. The first-order chi connectivity index (χ1) is 11.4. The van der Waals surface area contributed by atoms with Crippen molar-refractivity contribution in [1.82, 2.24) is 0 Å². The van der Waals surface area contributed by atoms with Gasteiger partial charge in [-0.2, -0.15) is 0 Å². The highest BCUT2D eigenvalue weighted by Gasteiger charge is 2.15. The predicted octanol–water partition coefficient (Wildman–Crippen LogP) is 3.82. The Morgan fingerprint density at radius 3 is 2.62 bits per heavy atom. The highest BCUT2D eigenvalue weighted by atomic mass is 35.5. The van der Waals surface area contributed by atoms with Crippen molar-refractivity contribution in [3.8, 4) is 5.75 Å². The average Bonchev–Trinajstić information content (AvgIpc) is 2.54. The predicted molar refractivity (Wildman–Crippen MR) is 88.4 cm³/mol. The van der Waals surface area contributed by atoms with Gasteiger partial charge in [0.2, 0.25) is 0 Å². The Hall–Kier alpha value is -2.93. The van der Waals surface area contributed by atoms with Gasteiger partial charge in [0.1, 0.15) is 5.75 Å². The smallest absolute Gasteiger partial charge is 0.310 e. The Bertz CT molecular complexity index is 807. The van der Waals surface area contributed by atoms with Crippen molar-refractivity contribution in [2.75, 3.05) is 5.32 Å². The van der Waals surface area contributed by atoms with Crippen molar-refractivity contribution in [3.05, 3.63) is 63.2 Å². The quantitative estimate of drug-likeness (QED) is 0.383. The Kier molecular flexibility index (Phi) is 5.49. The molecule has 0 aliphatic rings. The molecule has 0 bridgehead atoms. The topological polar surface area (TPSA) is 98.5 Å². The summed E-state index contributed by atoms with van der Waals surface area (Å²) in [6.07, 6.45) is 0.231. The van der Waals surface area contributed by atoms with Crippen molar-refractivity contribution < 1.29 is 19.2 Å². The number of amides is 1. The zero-order valence-corrected chi connectivity index (χ0v) is 13.4. The highest BCUT2D eigenvalue weighted by molar-refractivity contribution is 6.34. The zero-order valence-electron chi connectivity index (χ0n) is 12.6. The minimum absolute atomic E-state index is 0.0322. The first-order valence-corrected chi connectivity index (χ1v) is 7.34. The van der Waals surface area contributed by atoms with E-state index < -0.39 is 16.8 Å². The number of non-ortho nitro benzene ring substituents is 1. The van der Waals surface area contributed by atoms with E-state index in [1.54, 1.807) is 25.1 Å². The molecule has 0 saturated heterocycles. The molecule has 0 aliphatic carbocycles. The number of nitro benzene ring substituents is 1. The van der Waals surface area contributed by atoms with Crippen LogP contribution in [0.5, 0.6) is 5.75 Å². The number of carbonyl (C=O) groups is 2. The molecule has 0 spiro atoms. The third kappa shape index (κ3) is 4.30. The van der Waals surface area contributed by atoms with Gasteiger partial charge < -0.3 is 10.1 Å². The molecular weight excluding hydrogens is 336 g/mol. The summed E-state index contributed by atoms with van der Waals surface area (Å²) in [6, 6.07) is 9.88. The lowest BCUT2D eigenvalue weighted by Gasteiger charge is -2.08. The number of halogens is 1. The third-order valence-corrected chi connectivity index (χ3v) is 3.33. The fourth-order valence-electron chi connectivity index (χ4n) is 1.84. The van der Waals surface area contributed by atoms with E-state index >= 15 is 0 Å². The van der Waals surface area contributed by atoms with E-state index in [1.165, 1.54) is 18.2 Å². The van der Waals surface area contributed by atoms with Gasteiger partial charge in [-0.15, -0.1) is 0 Å². The van der Waals surface area contributed by atoms with Crippen LogP contribution in [0.3, 0.4) is 0 Å². The largest absolute Gasteiger partial charge is 0.426 e. The SMILES string of the molecule is CCC(=O)Oc1cccc(NC(=O)c2ccc([N+](=O)[O-])cc2Cl)c1. The Morgan fingerprint density at radius 2 is 2.00 bits per heavy atom. The van der Waals surface area contributed by atoms with Gasteiger partial charge in [-0.25, -0.2) is 0 Å². The van der Waals surface area contributed by atoms with Gasteiger partial charge in [0.05, 0.1) is 15.5 Å². The van der Waals surface area contributed by atoms with Crippen molar-refractivity contribution in [1.29, 1.82) is 0 Å². The van der Waals surface area contributed by atoms with E-state index in [9.17, 15) is 19.7 Å². The number of nitrogens with one attached hydrogen (secondary N) is 1. The van der Waals surface area contributed by atoms with E-state index in [4.69, 9.17) is 16.3 Å². The highest BCUT2D eigenvalue weighted by Crippen LogP contribution is 2.24. The van der Waals surface area contributed by atoms with Crippen LogP contribution in [-0.2, 0) is 4.79 Å². The maximum atomic E-state index is 12.2. The number of hydrogen-bond acceptors (Lipinski definition) is 5. The Balaban J connectivity index is 2.16. The molecule has 2 aromatic rings. The van der Waals surface area contributed by atoms with Crippen LogP contribution in [-0.4, -0.2) is 16.8 Å². The van der Waals surface area contributed by atoms with Crippen LogP contribution in [0.15, 0.2) is 42.5 Å². The number of esters is 1. The summed E-state index contributed by atoms with van der Waals surface area (Å²) >= 11 is 5.92. The van der Waals surface area contributed by atoms with Gasteiger partial charge >= 0.3 is 5.97 Å². The molecule has 0 aliphatic heterocycles. The van der Waals surface area contributed by atoms with E-state index in [2.05, 4.69) is 5.32 Å². The molecule has 0 fully saturated rings. The van der Waals surface area contributed by atoms with E-state index in [1.807, 2.05) is 0 Å². The molecule has 24 heavy (non-hydrogen) atoms. The van der Waals surface area contributed by atoms with Gasteiger partial charge in [0.25, 0.3) is 11.6 Å². The minimum atomic E-state index is -0.598. The van der Waals surface area contributed by atoms with Crippen LogP contribution in [0.2, 0.25) is 5.02 Å². The summed E-state index contributed by atoms with van der Waals surface area (Å²) in [6.45, 7) is 1.67. The molecule has 0 unspecified atom stereocenters. The average molecular weight is 349 g/mol. The van der Waals surface area contributed by atoms with Crippen molar-refractivity contribution in [3.63, 3.8) is 0 Å². The second-order valence-corrected chi connectivity index (χ2v) is 5.14. The number of hydrogen-bond donors (Lipinski definition) is 1. The normalized spacial score (nSPS) is 10.1. The molecule has 0 saturated carbocycles. The Morgan fingerprint density at radius 1 is 1.25 bits per heavy atom. The lowest BCUT2D eigenvalue weighted by Crippen LogP contribution is -2.13. The van der Waals surface area contributed by atoms with Crippen molar-refractivity contribution in [2.24, 2.45) is 0 Å². The summed E-state index contributed by atoms with van der Waals surface area (Å²) in [7, 11) is 0. The number of nitrogens with zero attached hydrogens (tertiary/aromatic N) is 1. The number of carbonyl (C=O) groups excluding carboxylic acids is 2. The fraction of sp³-hybridized carbons (Fsp3) is 0.125. The number of nitro groups is 1. The summed E-state index contributed by atoms with van der Waals surface area (Å²) in [5.74, 6) is -0.625. The molecule has 0 atom stereocenters. The maximum Gasteiger partial charge on any atom is 0.310 e. The number of benzene rings is 2. The molecule has 124 valence electrons. The van der Waals surface area contributed by atoms with Crippen molar-refractivity contribution in [2.45, 2.75) is 13.3 Å². The van der Waals surface area contributed by atoms with Crippen molar-refractivity contribution >= 4 is 34.9 Å². The van der Waals surface area contributed by atoms with Gasteiger partial charge in [-0.05, 0) is 18.2 Å². The van der Waals surface area contributed by atoms with Crippen LogP contribution in [0.4, 0.5) is 11.4 Å². The second-order valence-electron chi connectivity index (χ2n) is 4.73. The third-order valence-electron chi connectivity index (χ3n) is 3.02. The lowest BCUT2D eigenvalue weighted by molar-refractivity contribution is -0.384. The lowest BCUT2D eigenvalue weighted by atomic mass is 10.2. The van der Waals surface area contributed by atoms with Gasteiger partial charge in [0.15, 0.2) is 0 Å². The monoisotopic (exact) mass is 348 g/mol. The summed E-state index contributed by atoms with van der Waals surface area (Å²) < 4.78 is 5.07. The molecule has 2 rings (SSSR count). The molecule has 7 nitrogen and oxygen atoms in total. The van der Waals surface area contributed by atoms with Gasteiger partial charge in [-0.3, -0.25) is 19.7 Å². The second kappa shape index (κ2) is 7.56. The first kappa shape index (κ1) is 17.4. The zero-order chi connectivity index (χ0) is 17.7. The molecular formula is C16H13ClN2O5. The molecule has 0 radical (unpaired) electrons. The van der Waals surface area contributed by atoms with Crippen LogP contribution < -0.4 is 10.1 Å². The Labute approximate surface area is 142 Å². The number of rotatable bonds is 5. The fourth-order valence-corrected chi connectivity index (χ4v) is 2.10. The number of anilines is 1. The molecule has 0 heterocycles. The molecule has 1 amide bonds. The van der Waals surface area contributed by atoms with Crippen LogP contribution >= 0.6 is 11.6 Å². The van der Waals surface area contributed by atoms with Crippen LogP contribution in [0, 0.1) is 10.1 Å². The first-order valence-electron chi connectivity index (χ1n) is 6.96. The number of ether oxygens (including phenoxy) is 1. The minimum Gasteiger partial charge on any atom is -0.426 e.